The van der Waals surface area contributed by atoms with Crippen LogP contribution in [0.5, 0.6) is 0 Å². The van der Waals surface area contributed by atoms with Gasteiger partial charge in [-0.15, -0.1) is 0 Å². The lowest BCUT2D eigenvalue weighted by Crippen LogP contribution is -2.54. The molecule has 2 aliphatic heterocycles. The number of nitrogens with one attached hydrogen (secondary N) is 1. The van der Waals surface area contributed by atoms with E-state index in [1.54, 1.807) is 32.6 Å². The standard InChI is InChI=1S/C18H30N2O4/c1-12(21)15-11-10-13-8-6-5-7-9-14(16(22)20(13)15)19-17(23)24-18(2,3)4/h13-15H,5-11H2,1-4H3,(H,19,23)/t13-,14-,15-/m0/s1. The Morgan fingerprint density at radius 3 is 2.38 bits per heavy atom. The zero-order valence-corrected chi connectivity index (χ0v) is 15.3. The Morgan fingerprint density at radius 2 is 1.75 bits per heavy atom. The third kappa shape index (κ3) is 4.71. The summed E-state index contributed by atoms with van der Waals surface area (Å²) < 4.78 is 5.29. The van der Waals surface area contributed by atoms with Crippen molar-refractivity contribution in [1.82, 2.24) is 10.2 Å². The van der Waals surface area contributed by atoms with E-state index in [0.29, 0.717) is 6.42 Å². The number of amides is 2. The Bertz CT molecular complexity index is 498. The molecule has 0 saturated carbocycles. The lowest BCUT2D eigenvalue weighted by molar-refractivity contribution is -0.140. The number of nitrogens with zero attached hydrogens (tertiary/aromatic N) is 1. The van der Waals surface area contributed by atoms with E-state index in [4.69, 9.17) is 4.74 Å². The van der Waals surface area contributed by atoms with Gasteiger partial charge in [-0.3, -0.25) is 9.59 Å². The Balaban J connectivity index is 2.15. The third-order valence-corrected chi connectivity index (χ3v) is 4.75. The summed E-state index contributed by atoms with van der Waals surface area (Å²) in [5.41, 5.74) is -0.607. The summed E-state index contributed by atoms with van der Waals surface area (Å²) in [5, 5.41) is 2.73. The maximum absolute atomic E-state index is 13.1. The first kappa shape index (κ1) is 18.7. The van der Waals surface area contributed by atoms with Crippen molar-refractivity contribution in [1.29, 1.82) is 0 Å². The summed E-state index contributed by atoms with van der Waals surface area (Å²) in [4.78, 5) is 38.8. The second kappa shape index (κ2) is 7.53. The summed E-state index contributed by atoms with van der Waals surface area (Å²) in [6, 6.07) is -0.837. The normalized spacial score (nSPS) is 28.4. The first-order valence-electron chi connectivity index (χ1n) is 9.01. The lowest BCUT2D eigenvalue weighted by atomic mass is 10.0. The highest BCUT2D eigenvalue weighted by molar-refractivity contribution is 5.92. The van der Waals surface area contributed by atoms with Crippen LogP contribution in [-0.4, -0.2) is 46.4 Å². The number of rotatable bonds is 2. The predicted octanol–water partition coefficient (Wildman–Crippen LogP) is 2.79. The monoisotopic (exact) mass is 338 g/mol. The molecule has 24 heavy (non-hydrogen) atoms. The molecule has 2 fully saturated rings. The number of carbonyl (C=O) groups excluding carboxylic acids is 3. The molecule has 2 heterocycles. The molecule has 0 aromatic heterocycles. The van der Waals surface area contributed by atoms with Crippen molar-refractivity contribution in [2.75, 3.05) is 0 Å². The average Bonchev–Trinajstić information content (AvgIpc) is 2.87. The molecule has 6 heteroatoms. The van der Waals surface area contributed by atoms with Gasteiger partial charge in [0.05, 0.1) is 6.04 Å². The van der Waals surface area contributed by atoms with E-state index in [9.17, 15) is 14.4 Å². The molecule has 0 radical (unpaired) electrons. The van der Waals surface area contributed by atoms with E-state index in [1.807, 2.05) is 0 Å². The number of ether oxygens (including phenoxy) is 1. The zero-order chi connectivity index (χ0) is 17.9. The lowest BCUT2D eigenvalue weighted by Gasteiger charge is -2.32. The number of hydrogen-bond acceptors (Lipinski definition) is 4. The molecule has 0 unspecified atom stereocenters. The third-order valence-electron chi connectivity index (χ3n) is 4.75. The molecular weight excluding hydrogens is 308 g/mol. The van der Waals surface area contributed by atoms with Gasteiger partial charge in [-0.2, -0.15) is 0 Å². The van der Waals surface area contributed by atoms with Gasteiger partial charge < -0.3 is 15.0 Å². The molecule has 2 aliphatic rings. The molecule has 136 valence electrons. The van der Waals surface area contributed by atoms with Crippen LogP contribution in [0.1, 0.15) is 72.6 Å². The smallest absolute Gasteiger partial charge is 0.408 e. The molecule has 2 saturated heterocycles. The Kier molecular flexibility index (Phi) is 5.88. The first-order valence-corrected chi connectivity index (χ1v) is 9.01. The summed E-state index contributed by atoms with van der Waals surface area (Å²) in [5.74, 6) is -0.105. The minimum atomic E-state index is -0.611. The van der Waals surface area contributed by atoms with Gasteiger partial charge in [0.25, 0.3) is 0 Å². The zero-order valence-electron chi connectivity index (χ0n) is 15.3. The van der Waals surface area contributed by atoms with Crippen LogP contribution in [0.2, 0.25) is 0 Å². The van der Waals surface area contributed by atoms with E-state index in [1.165, 1.54) is 0 Å². The second-order valence-corrected chi connectivity index (χ2v) is 7.94. The van der Waals surface area contributed by atoms with Gasteiger partial charge in [0.2, 0.25) is 5.91 Å². The molecule has 0 aromatic rings. The van der Waals surface area contributed by atoms with E-state index in [-0.39, 0.29) is 23.8 Å². The molecule has 1 N–H and O–H groups in total. The van der Waals surface area contributed by atoms with Gasteiger partial charge >= 0.3 is 6.09 Å². The van der Waals surface area contributed by atoms with Crippen LogP contribution < -0.4 is 5.32 Å². The second-order valence-electron chi connectivity index (χ2n) is 7.94. The Morgan fingerprint density at radius 1 is 1.08 bits per heavy atom. The van der Waals surface area contributed by atoms with Crippen molar-refractivity contribution >= 4 is 17.8 Å². The van der Waals surface area contributed by atoms with E-state index in [0.717, 1.165) is 38.5 Å². The number of hydrogen-bond donors (Lipinski definition) is 1. The number of carbonyl (C=O) groups is 3. The summed E-state index contributed by atoms with van der Waals surface area (Å²) in [6.07, 6.45) is 5.53. The molecule has 2 rings (SSSR count). The number of fused-ring (bicyclic) bond motifs is 1. The number of ketones is 1. The van der Waals surface area contributed by atoms with E-state index < -0.39 is 17.7 Å². The summed E-state index contributed by atoms with van der Waals surface area (Å²) >= 11 is 0. The van der Waals surface area contributed by atoms with Gasteiger partial charge in [-0.25, -0.2) is 4.79 Å². The van der Waals surface area contributed by atoms with Gasteiger partial charge in [-0.05, 0) is 53.4 Å². The SMILES string of the molecule is CC(=O)[C@@H]1CC[C@@H]2CCCCC[C@H](NC(=O)OC(C)(C)C)C(=O)N21. The minimum Gasteiger partial charge on any atom is -0.444 e. The van der Waals surface area contributed by atoms with E-state index in [2.05, 4.69) is 5.32 Å². The highest BCUT2D eigenvalue weighted by Gasteiger charge is 2.42. The van der Waals surface area contributed by atoms with Crippen LogP contribution in [0.25, 0.3) is 0 Å². The number of Topliss-reactive ketones (excluding diaryl/α,β-unsaturated/α-hetero) is 1. The van der Waals surface area contributed by atoms with Crippen molar-refractivity contribution in [3.63, 3.8) is 0 Å². The predicted molar refractivity (Wildman–Crippen MR) is 90.6 cm³/mol. The van der Waals surface area contributed by atoms with Crippen LogP contribution in [0.15, 0.2) is 0 Å². The molecular formula is C18H30N2O4. The van der Waals surface area contributed by atoms with Crippen LogP contribution in [0.4, 0.5) is 4.79 Å². The van der Waals surface area contributed by atoms with Gasteiger partial charge in [0.1, 0.15) is 11.6 Å². The first-order chi connectivity index (χ1) is 11.2. The fourth-order valence-electron chi connectivity index (χ4n) is 3.69. The highest BCUT2D eigenvalue weighted by atomic mass is 16.6. The molecule has 0 aliphatic carbocycles. The van der Waals surface area contributed by atoms with Gasteiger partial charge in [0, 0.05) is 6.04 Å². The van der Waals surface area contributed by atoms with Crippen molar-refractivity contribution in [3.05, 3.63) is 0 Å². The molecule has 0 aromatic carbocycles. The van der Waals surface area contributed by atoms with Crippen LogP contribution >= 0.6 is 0 Å². The van der Waals surface area contributed by atoms with Crippen molar-refractivity contribution in [2.45, 2.75) is 96.4 Å². The van der Waals surface area contributed by atoms with Crippen molar-refractivity contribution in [3.8, 4) is 0 Å². The maximum atomic E-state index is 13.1. The largest absolute Gasteiger partial charge is 0.444 e. The van der Waals surface area contributed by atoms with Crippen LogP contribution in [-0.2, 0) is 14.3 Å². The molecule has 0 spiro atoms. The Hall–Kier alpha value is -1.59. The Labute approximate surface area is 144 Å². The molecule has 3 atom stereocenters. The van der Waals surface area contributed by atoms with Crippen molar-refractivity contribution < 1.29 is 19.1 Å². The van der Waals surface area contributed by atoms with Crippen LogP contribution in [0.3, 0.4) is 0 Å². The van der Waals surface area contributed by atoms with Gasteiger partial charge in [0.15, 0.2) is 5.78 Å². The quantitative estimate of drug-likeness (QED) is 0.840. The number of alkyl carbamates (subject to hydrolysis) is 1. The summed E-state index contributed by atoms with van der Waals surface area (Å²) in [6.45, 7) is 6.92. The maximum Gasteiger partial charge on any atom is 0.408 e. The van der Waals surface area contributed by atoms with Gasteiger partial charge in [-0.1, -0.05) is 19.3 Å². The summed E-state index contributed by atoms with van der Waals surface area (Å²) in [7, 11) is 0. The molecule has 2 amide bonds. The van der Waals surface area contributed by atoms with Crippen molar-refractivity contribution in [2.24, 2.45) is 0 Å². The molecule has 0 bridgehead atoms. The fraction of sp³-hybridized carbons (Fsp3) is 0.833. The average molecular weight is 338 g/mol. The highest BCUT2D eigenvalue weighted by Crippen LogP contribution is 2.31. The fourth-order valence-corrected chi connectivity index (χ4v) is 3.69. The minimum absolute atomic E-state index is 0.0288. The topological polar surface area (TPSA) is 75.7 Å². The van der Waals surface area contributed by atoms with E-state index >= 15 is 0 Å². The molecule has 6 nitrogen and oxygen atoms in total. The van der Waals surface area contributed by atoms with Crippen LogP contribution in [0, 0.1) is 0 Å².